The van der Waals surface area contributed by atoms with Gasteiger partial charge in [0.2, 0.25) is 5.91 Å². The van der Waals surface area contributed by atoms with Gasteiger partial charge in [0, 0.05) is 13.2 Å². The Bertz CT molecular complexity index is 224. The first-order valence-electron chi connectivity index (χ1n) is 6.77. The normalized spacial score (nSPS) is 14.4. The van der Waals surface area contributed by atoms with Crippen LogP contribution in [0.15, 0.2) is 0 Å². The molecule has 3 N–H and O–H groups in total. The second-order valence-corrected chi connectivity index (χ2v) is 4.55. The van der Waals surface area contributed by atoms with Gasteiger partial charge < -0.3 is 20.5 Å². The lowest BCUT2D eigenvalue weighted by Crippen LogP contribution is -2.53. The lowest BCUT2D eigenvalue weighted by Gasteiger charge is -2.26. The fraction of sp³-hybridized carbons (Fsp3) is 0.923. The number of rotatable bonds is 12. The van der Waals surface area contributed by atoms with Gasteiger partial charge >= 0.3 is 0 Å². The predicted molar refractivity (Wildman–Crippen MR) is 72.4 cm³/mol. The summed E-state index contributed by atoms with van der Waals surface area (Å²) in [6, 6.07) is 0. The maximum absolute atomic E-state index is 11.3. The van der Waals surface area contributed by atoms with Crippen molar-refractivity contribution in [3.63, 3.8) is 0 Å². The van der Waals surface area contributed by atoms with Crippen molar-refractivity contribution in [3.05, 3.63) is 0 Å². The molecular formula is C13H28N2O3. The molecule has 0 spiro atoms. The molecule has 0 bridgehead atoms. The van der Waals surface area contributed by atoms with E-state index in [1.54, 1.807) is 0 Å². The molecule has 0 aromatic carbocycles. The summed E-state index contributed by atoms with van der Waals surface area (Å²) < 4.78 is 10.7. The predicted octanol–water partition coefficient (Wildman–Crippen LogP) is 1.06. The first-order valence-corrected chi connectivity index (χ1v) is 6.77. The van der Waals surface area contributed by atoms with Gasteiger partial charge in [-0.25, -0.2) is 0 Å². The quantitative estimate of drug-likeness (QED) is 0.515. The van der Waals surface area contributed by atoms with Gasteiger partial charge in [-0.1, -0.05) is 13.8 Å². The Morgan fingerprint density at radius 2 is 1.78 bits per heavy atom. The molecule has 5 heteroatoms. The zero-order valence-electron chi connectivity index (χ0n) is 12.0. The summed E-state index contributed by atoms with van der Waals surface area (Å²) in [7, 11) is 0. The first-order chi connectivity index (χ1) is 8.56. The van der Waals surface area contributed by atoms with Crippen LogP contribution >= 0.6 is 0 Å². The summed E-state index contributed by atoms with van der Waals surface area (Å²) in [4.78, 5) is 11.3. The molecule has 0 aliphatic rings. The molecule has 1 amide bonds. The highest BCUT2D eigenvalue weighted by Gasteiger charge is 2.28. The largest absolute Gasteiger partial charge is 0.379 e. The molecule has 1 atom stereocenters. The van der Waals surface area contributed by atoms with E-state index < -0.39 is 5.54 Å². The Morgan fingerprint density at radius 3 is 2.28 bits per heavy atom. The topological polar surface area (TPSA) is 73.6 Å². The van der Waals surface area contributed by atoms with E-state index in [4.69, 9.17) is 15.2 Å². The van der Waals surface area contributed by atoms with Crippen LogP contribution in [-0.2, 0) is 14.3 Å². The number of carbonyl (C=O) groups excluding carboxylic acids is 1. The van der Waals surface area contributed by atoms with E-state index in [0.717, 1.165) is 26.0 Å². The third-order valence-electron chi connectivity index (χ3n) is 2.80. The fourth-order valence-electron chi connectivity index (χ4n) is 1.68. The molecule has 108 valence electrons. The zero-order chi connectivity index (χ0) is 13.9. The second kappa shape index (κ2) is 10.3. The number of hydrogen-bond acceptors (Lipinski definition) is 4. The number of nitrogens with one attached hydrogen (secondary N) is 1. The fourth-order valence-corrected chi connectivity index (χ4v) is 1.68. The van der Waals surface area contributed by atoms with Gasteiger partial charge in [-0.05, 0) is 32.7 Å². The SMILES string of the molecule is CCCOCCOCCCC(C)(NCC)C(N)=O. The van der Waals surface area contributed by atoms with Crippen LogP contribution in [0.3, 0.4) is 0 Å². The van der Waals surface area contributed by atoms with E-state index in [1.165, 1.54) is 0 Å². The summed E-state index contributed by atoms with van der Waals surface area (Å²) in [6.07, 6.45) is 2.52. The lowest BCUT2D eigenvalue weighted by atomic mass is 9.95. The average molecular weight is 260 g/mol. The standard InChI is InChI=1S/C13H28N2O3/c1-4-8-17-10-11-18-9-6-7-13(3,12(14)16)15-5-2/h15H,4-11H2,1-3H3,(H2,14,16). The summed E-state index contributed by atoms with van der Waals surface area (Å²) >= 11 is 0. The van der Waals surface area contributed by atoms with Crippen molar-refractivity contribution >= 4 is 5.91 Å². The number of likely N-dealkylation sites (N-methyl/N-ethyl adjacent to an activating group) is 1. The molecule has 0 rings (SSSR count). The van der Waals surface area contributed by atoms with Crippen LogP contribution in [-0.4, -0.2) is 44.4 Å². The lowest BCUT2D eigenvalue weighted by molar-refractivity contribution is -0.124. The molecule has 0 saturated carbocycles. The summed E-state index contributed by atoms with van der Waals surface area (Å²) in [5, 5.41) is 3.12. The second-order valence-electron chi connectivity index (χ2n) is 4.55. The van der Waals surface area contributed by atoms with Crippen LogP contribution in [0.4, 0.5) is 0 Å². The van der Waals surface area contributed by atoms with E-state index in [0.29, 0.717) is 26.2 Å². The van der Waals surface area contributed by atoms with Crippen molar-refractivity contribution < 1.29 is 14.3 Å². The number of amides is 1. The average Bonchev–Trinajstić information content (AvgIpc) is 2.33. The Labute approximate surface area is 110 Å². The third-order valence-corrected chi connectivity index (χ3v) is 2.80. The van der Waals surface area contributed by atoms with Crippen molar-refractivity contribution in [2.24, 2.45) is 5.73 Å². The molecule has 0 saturated heterocycles. The number of hydrogen-bond donors (Lipinski definition) is 2. The van der Waals surface area contributed by atoms with Crippen LogP contribution in [0.25, 0.3) is 0 Å². The molecule has 0 aliphatic carbocycles. The van der Waals surface area contributed by atoms with Gasteiger partial charge in [0.25, 0.3) is 0 Å². The van der Waals surface area contributed by atoms with E-state index in [-0.39, 0.29) is 5.91 Å². The van der Waals surface area contributed by atoms with Gasteiger partial charge in [-0.3, -0.25) is 4.79 Å². The number of carbonyl (C=O) groups is 1. The van der Waals surface area contributed by atoms with E-state index in [2.05, 4.69) is 12.2 Å². The minimum atomic E-state index is -0.628. The van der Waals surface area contributed by atoms with Gasteiger partial charge in [-0.15, -0.1) is 0 Å². The van der Waals surface area contributed by atoms with Crippen molar-refractivity contribution in [1.29, 1.82) is 0 Å². The monoisotopic (exact) mass is 260 g/mol. The van der Waals surface area contributed by atoms with Crippen molar-refractivity contribution in [2.45, 2.75) is 45.6 Å². The maximum atomic E-state index is 11.3. The smallest absolute Gasteiger partial charge is 0.237 e. The minimum Gasteiger partial charge on any atom is -0.379 e. The molecule has 0 aliphatic heterocycles. The Kier molecular flexibility index (Phi) is 9.92. The van der Waals surface area contributed by atoms with Gasteiger partial charge in [-0.2, -0.15) is 0 Å². The van der Waals surface area contributed by atoms with Crippen LogP contribution in [0, 0.1) is 0 Å². The Hall–Kier alpha value is -0.650. The third kappa shape index (κ3) is 7.63. The van der Waals surface area contributed by atoms with E-state index in [1.807, 2.05) is 13.8 Å². The molecule has 5 nitrogen and oxygen atoms in total. The van der Waals surface area contributed by atoms with Crippen LogP contribution in [0.2, 0.25) is 0 Å². The molecule has 0 heterocycles. The van der Waals surface area contributed by atoms with Crippen molar-refractivity contribution in [2.75, 3.05) is 33.0 Å². The highest BCUT2D eigenvalue weighted by Crippen LogP contribution is 2.11. The molecule has 0 fully saturated rings. The van der Waals surface area contributed by atoms with Crippen LogP contribution < -0.4 is 11.1 Å². The van der Waals surface area contributed by atoms with E-state index in [9.17, 15) is 4.79 Å². The van der Waals surface area contributed by atoms with Gasteiger partial charge in [0.15, 0.2) is 0 Å². The number of primary amides is 1. The molecule has 18 heavy (non-hydrogen) atoms. The summed E-state index contributed by atoms with van der Waals surface area (Å²) in [5.74, 6) is -0.310. The maximum Gasteiger partial charge on any atom is 0.237 e. The minimum absolute atomic E-state index is 0.310. The molecule has 1 unspecified atom stereocenters. The summed E-state index contributed by atoms with van der Waals surface area (Å²) in [5.41, 5.74) is 4.76. The Balaban J connectivity index is 3.59. The summed E-state index contributed by atoms with van der Waals surface area (Å²) in [6.45, 7) is 9.25. The molecule has 0 aromatic heterocycles. The van der Waals surface area contributed by atoms with Crippen LogP contribution in [0.1, 0.15) is 40.0 Å². The van der Waals surface area contributed by atoms with E-state index >= 15 is 0 Å². The van der Waals surface area contributed by atoms with Gasteiger partial charge in [0.05, 0.1) is 18.8 Å². The zero-order valence-corrected chi connectivity index (χ0v) is 12.0. The van der Waals surface area contributed by atoms with Gasteiger partial charge in [0.1, 0.15) is 0 Å². The van der Waals surface area contributed by atoms with Crippen molar-refractivity contribution in [1.82, 2.24) is 5.32 Å². The molecule has 0 aromatic rings. The van der Waals surface area contributed by atoms with Crippen molar-refractivity contribution in [3.8, 4) is 0 Å². The molecular weight excluding hydrogens is 232 g/mol. The highest BCUT2D eigenvalue weighted by molar-refractivity contribution is 5.84. The molecule has 0 radical (unpaired) electrons. The Morgan fingerprint density at radius 1 is 1.17 bits per heavy atom. The highest BCUT2D eigenvalue weighted by atomic mass is 16.5. The first kappa shape index (κ1) is 17.4. The number of ether oxygens (including phenoxy) is 2. The van der Waals surface area contributed by atoms with Crippen LogP contribution in [0.5, 0.6) is 0 Å². The number of nitrogens with two attached hydrogens (primary N) is 1.